The lowest BCUT2D eigenvalue weighted by molar-refractivity contribution is 0.149. The minimum absolute atomic E-state index is 0.344. The van der Waals surface area contributed by atoms with Gasteiger partial charge in [-0.3, -0.25) is 0 Å². The highest BCUT2D eigenvalue weighted by Crippen LogP contribution is 2.25. The van der Waals surface area contributed by atoms with Crippen molar-refractivity contribution in [1.82, 2.24) is 4.98 Å². The minimum atomic E-state index is -2.89. The van der Waals surface area contributed by atoms with Gasteiger partial charge in [-0.25, -0.2) is 8.78 Å². The number of aromatic nitrogens is 1. The zero-order chi connectivity index (χ0) is 9.30. The highest BCUT2D eigenvalue weighted by Gasteiger charge is 2.17. The van der Waals surface area contributed by atoms with Crippen LogP contribution in [0.3, 0.4) is 0 Å². The first kappa shape index (κ1) is 9.69. The van der Waals surface area contributed by atoms with Crippen LogP contribution in [-0.2, 0) is 0 Å². The van der Waals surface area contributed by atoms with Crippen molar-refractivity contribution in [2.45, 2.75) is 6.43 Å². The topological polar surface area (TPSA) is 12.9 Å². The molecule has 12 heavy (non-hydrogen) atoms. The van der Waals surface area contributed by atoms with E-state index in [0.717, 1.165) is 0 Å². The van der Waals surface area contributed by atoms with Crippen molar-refractivity contribution in [2.75, 3.05) is 0 Å². The van der Waals surface area contributed by atoms with E-state index < -0.39 is 23.9 Å². The van der Waals surface area contributed by atoms with Crippen LogP contribution in [0.15, 0.2) is 6.07 Å². The van der Waals surface area contributed by atoms with E-state index in [4.69, 9.17) is 0 Å². The second kappa shape index (κ2) is 3.55. The Hall–Kier alpha value is -0.400. The first-order chi connectivity index (χ1) is 5.52. The van der Waals surface area contributed by atoms with Crippen molar-refractivity contribution in [1.29, 1.82) is 0 Å². The van der Waals surface area contributed by atoms with Gasteiger partial charge in [-0.2, -0.15) is 13.8 Å². The Kier molecular flexibility index (Phi) is 2.86. The average Bonchev–Trinajstić information content (AvgIpc) is 1.96. The zero-order valence-corrected chi connectivity index (χ0v) is 7.65. The normalized spacial score (nSPS) is 10.8. The third-order valence-electron chi connectivity index (χ3n) is 1.15. The number of halogens is 5. The van der Waals surface area contributed by atoms with Gasteiger partial charge >= 0.3 is 0 Å². The van der Waals surface area contributed by atoms with Gasteiger partial charge in [-0.1, -0.05) is 0 Å². The smallest absolute Gasteiger partial charge is 0.205 e. The Morgan fingerprint density at radius 2 is 1.92 bits per heavy atom. The number of hydrogen-bond acceptors (Lipinski definition) is 1. The van der Waals surface area contributed by atoms with Crippen molar-refractivity contribution in [3.63, 3.8) is 0 Å². The molecule has 0 aromatic carbocycles. The molecule has 0 bridgehead atoms. The van der Waals surface area contributed by atoms with Crippen LogP contribution in [0.5, 0.6) is 0 Å². The lowest BCUT2D eigenvalue weighted by Gasteiger charge is -2.02. The van der Waals surface area contributed by atoms with Crippen LogP contribution >= 0.6 is 22.6 Å². The van der Waals surface area contributed by atoms with E-state index in [1.807, 2.05) is 0 Å². The molecule has 0 aliphatic heterocycles. The molecule has 0 spiro atoms. The molecule has 0 aliphatic rings. The molecular formula is C6H2F4IN. The largest absolute Gasteiger partial charge is 0.265 e. The summed E-state index contributed by atoms with van der Waals surface area (Å²) in [6.07, 6.45) is -2.89. The molecule has 0 aliphatic carbocycles. The standard InChI is InChI=1S/C6H2F4IN/c7-3-1-2(5(8)9)4(11)6(10)12-3/h1,5H. The molecule has 1 nitrogen and oxygen atoms in total. The van der Waals surface area contributed by atoms with Gasteiger partial charge in [0.25, 0.3) is 6.43 Å². The molecule has 6 heteroatoms. The van der Waals surface area contributed by atoms with Crippen molar-refractivity contribution in [3.05, 3.63) is 27.1 Å². The molecule has 0 fully saturated rings. The third kappa shape index (κ3) is 1.85. The van der Waals surface area contributed by atoms with Gasteiger partial charge in [0.05, 0.1) is 3.57 Å². The summed E-state index contributed by atoms with van der Waals surface area (Å²) in [5.41, 5.74) is -0.666. The molecule has 1 heterocycles. The molecule has 1 aromatic heterocycles. The van der Waals surface area contributed by atoms with Crippen molar-refractivity contribution in [3.8, 4) is 0 Å². The monoisotopic (exact) mass is 291 g/mol. The summed E-state index contributed by atoms with van der Waals surface area (Å²) in [4.78, 5) is 2.74. The van der Waals surface area contributed by atoms with E-state index in [9.17, 15) is 17.6 Å². The van der Waals surface area contributed by atoms with Crippen molar-refractivity contribution < 1.29 is 17.6 Å². The lowest BCUT2D eigenvalue weighted by atomic mass is 10.3. The van der Waals surface area contributed by atoms with Crippen LogP contribution in [-0.4, -0.2) is 4.98 Å². The average molecular weight is 291 g/mol. The van der Waals surface area contributed by atoms with Gasteiger partial charge in [0.2, 0.25) is 11.9 Å². The molecule has 66 valence electrons. The summed E-state index contributed by atoms with van der Waals surface area (Å²) in [5.74, 6) is -2.44. The molecule has 0 saturated heterocycles. The first-order valence-corrected chi connectivity index (χ1v) is 3.90. The van der Waals surface area contributed by atoms with Crippen molar-refractivity contribution >= 4 is 22.6 Å². The SMILES string of the molecule is Fc1cc(C(F)F)c(I)c(F)n1. The Labute approximate surface area is 78.9 Å². The summed E-state index contributed by atoms with van der Waals surface area (Å²) < 4.78 is 48.5. The quantitative estimate of drug-likeness (QED) is 0.440. The Morgan fingerprint density at radius 1 is 1.33 bits per heavy atom. The molecule has 0 unspecified atom stereocenters. The highest BCUT2D eigenvalue weighted by atomic mass is 127. The maximum atomic E-state index is 12.5. The fraction of sp³-hybridized carbons (Fsp3) is 0.167. The van der Waals surface area contributed by atoms with E-state index in [0.29, 0.717) is 6.07 Å². The molecule has 1 aromatic rings. The van der Waals surface area contributed by atoms with Crippen LogP contribution in [0, 0.1) is 15.5 Å². The molecule has 0 atom stereocenters. The molecule has 0 N–H and O–H groups in total. The number of hydrogen-bond donors (Lipinski definition) is 0. The predicted octanol–water partition coefficient (Wildman–Crippen LogP) is 2.90. The number of pyridine rings is 1. The molecule has 0 amide bonds. The Morgan fingerprint density at radius 3 is 2.42 bits per heavy atom. The van der Waals surface area contributed by atoms with E-state index in [2.05, 4.69) is 4.98 Å². The van der Waals surface area contributed by atoms with Crippen LogP contribution < -0.4 is 0 Å². The van der Waals surface area contributed by atoms with E-state index in [1.165, 1.54) is 22.6 Å². The third-order valence-corrected chi connectivity index (χ3v) is 2.22. The Bertz CT molecular complexity index is 302. The van der Waals surface area contributed by atoms with Gasteiger partial charge in [-0.05, 0) is 22.6 Å². The van der Waals surface area contributed by atoms with Gasteiger partial charge in [0.1, 0.15) is 0 Å². The van der Waals surface area contributed by atoms with Crippen LogP contribution in [0.25, 0.3) is 0 Å². The van der Waals surface area contributed by atoms with E-state index in [-0.39, 0.29) is 3.57 Å². The maximum Gasteiger partial charge on any atom is 0.265 e. The van der Waals surface area contributed by atoms with Gasteiger partial charge < -0.3 is 0 Å². The summed E-state index contributed by atoms with van der Waals surface area (Å²) in [5, 5.41) is 0. The number of nitrogens with zero attached hydrogens (tertiary/aromatic N) is 1. The second-order valence-electron chi connectivity index (χ2n) is 1.94. The van der Waals surface area contributed by atoms with Gasteiger partial charge in [0.15, 0.2) is 0 Å². The summed E-state index contributed by atoms with van der Waals surface area (Å²) in [6, 6.07) is 0.523. The summed E-state index contributed by atoms with van der Waals surface area (Å²) in [6.45, 7) is 0. The van der Waals surface area contributed by atoms with E-state index in [1.54, 1.807) is 0 Å². The highest BCUT2D eigenvalue weighted by molar-refractivity contribution is 14.1. The summed E-state index contributed by atoms with van der Waals surface area (Å²) in [7, 11) is 0. The number of alkyl halides is 2. The minimum Gasteiger partial charge on any atom is -0.205 e. The van der Waals surface area contributed by atoms with Gasteiger partial charge in [0, 0.05) is 11.6 Å². The second-order valence-corrected chi connectivity index (χ2v) is 3.02. The fourth-order valence-electron chi connectivity index (χ4n) is 0.645. The van der Waals surface area contributed by atoms with Crippen LogP contribution in [0.4, 0.5) is 17.6 Å². The zero-order valence-electron chi connectivity index (χ0n) is 5.49. The fourth-order valence-corrected chi connectivity index (χ4v) is 1.16. The lowest BCUT2D eigenvalue weighted by Crippen LogP contribution is -1.99. The van der Waals surface area contributed by atoms with Gasteiger partial charge in [-0.15, -0.1) is 0 Å². The Balaban J connectivity index is 3.28. The van der Waals surface area contributed by atoms with Crippen LogP contribution in [0.2, 0.25) is 0 Å². The molecular weight excluding hydrogens is 289 g/mol. The number of rotatable bonds is 1. The maximum absolute atomic E-state index is 12.5. The molecule has 0 radical (unpaired) electrons. The van der Waals surface area contributed by atoms with Crippen LogP contribution in [0.1, 0.15) is 12.0 Å². The molecule has 1 rings (SSSR count). The van der Waals surface area contributed by atoms with E-state index >= 15 is 0 Å². The van der Waals surface area contributed by atoms with Crippen molar-refractivity contribution in [2.24, 2.45) is 0 Å². The first-order valence-electron chi connectivity index (χ1n) is 2.82. The molecule has 0 saturated carbocycles. The predicted molar refractivity (Wildman–Crippen MR) is 41.8 cm³/mol. The summed E-state index contributed by atoms with van der Waals surface area (Å²) >= 11 is 1.35.